The summed E-state index contributed by atoms with van der Waals surface area (Å²) in [5.74, 6) is -0.0743. The van der Waals surface area contributed by atoms with Crippen LogP contribution in [-0.2, 0) is 4.79 Å². The molecule has 0 bridgehead atoms. The molecule has 16 heavy (non-hydrogen) atoms. The first kappa shape index (κ1) is 15.2. The fraction of sp³-hybridized carbons (Fsp3) is 0.769. The van der Waals surface area contributed by atoms with Crippen LogP contribution in [-0.4, -0.2) is 42.6 Å². The Bertz CT molecular complexity index is 214. The highest BCUT2D eigenvalue weighted by Crippen LogP contribution is 2.15. The Morgan fingerprint density at radius 3 is 2.19 bits per heavy atom. The van der Waals surface area contributed by atoms with Gasteiger partial charge in [-0.15, -0.1) is 0 Å². The van der Waals surface area contributed by atoms with Crippen molar-refractivity contribution in [2.45, 2.75) is 40.2 Å². The molecule has 0 fully saturated rings. The SMILES string of the molecule is C=CC(=O)NCCC(C)[N+](CC)(CC)CC. The van der Waals surface area contributed by atoms with Gasteiger partial charge in [-0.3, -0.25) is 4.79 Å². The number of quaternary nitrogens is 1. The minimum Gasteiger partial charge on any atom is -0.352 e. The molecule has 0 aliphatic rings. The molecule has 0 aliphatic carbocycles. The molecule has 0 aromatic carbocycles. The molecule has 3 heteroatoms. The Hall–Kier alpha value is -0.830. The van der Waals surface area contributed by atoms with Gasteiger partial charge in [-0.2, -0.15) is 0 Å². The van der Waals surface area contributed by atoms with Crippen molar-refractivity contribution < 1.29 is 9.28 Å². The summed E-state index contributed by atoms with van der Waals surface area (Å²) in [6.07, 6.45) is 2.35. The summed E-state index contributed by atoms with van der Waals surface area (Å²) >= 11 is 0. The second-order valence-corrected chi connectivity index (χ2v) is 4.30. The van der Waals surface area contributed by atoms with Gasteiger partial charge in [-0.05, 0) is 33.8 Å². The summed E-state index contributed by atoms with van der Waals surface area (Å²) in [4.78, 5) is 11.0. The molecule has 0 radical (unpaired) electrons. The molecule has 0 rings (SSSR count). The number of carbonyl (C=O) groups excluding carboxylic acids is 1. The quantitative estimate of drug-likeness (QED) is 0.498. The lowest BCUT2D eigenvalue weighted by Crippen LogP contribution is -2.54. The lowest BCUT2D eigenvalue weighted by molar-refractivity contribution is -0.945. The van der Waals surface area contributed by atoms with Crippen LogP contribution in [0.3, 0.4) is 0 Å². The van der Waals surface area contributed by atoms with Gasteiger partial charge in [-0.25, -0.2) is 0 Å². The molecule has 1 N–H and O–H groups in total. The van der Waals surface area contributed by atoms with E-state index in [2.05, 4.69) is 39.6 Å². The fourth-order valence-corrected chi connectivity index (χ4v) is 2.36. The zero-order valence-corrected chi connectivity index (χ0v) is 11.3. The summed E-state index contributed by atoms with van der Waals surface area (Å²) in [6, 6.07) is 0.588. The van der Waals surface area contributed by atoms with Crippen LogP contribution in [0.2, 0.25) is 0 Å². The third-order valence-electron chi connectivity index (χ3n) is 3.87. The van der Waals surface area contributed by atoms with Crippen LogP contribution in [0.1, 0.15) is 34.1 Å². The van der Waals surface area contributed by atoms with Gasteiger partial charge in [0.25, 0.3) is 0 Å². The van der Waals surface area contributed by atoms with Crippen molar-refractivity contribution in [3.05, 3.63) is 12.7 Å². The molecular formula is C13H27N2O+. The highest BCUT2D eigenvalue weighted by Gasteiger charge is 2.27. The van der Waals surface area contributed by atoms with E-state index in [-0.39, 0.29) is 5.91 Å². The third kappa shape index (κ3) is 3.97. The van der Waals surface area contributed by atoms with E-state index in [0.29, 0.717) is 6.04 Å². The maximum absolute atomic E-state index is 11.0. The average Bonchev–Trinajstić information content (AvgIpc) is 2.31. The van der Waals surface area contributed by atoms with Crippen LogP contribution in [0.15, 0.2) is 12.7 Å². The zero-order valence-electron chi connectivity index (χ0n) is 11.3. The molecule has 1 atom stereocenters. The number of hydrogen-bond donors (Lipinski definition) is 1. The monoisotopic (exact) mass is 227 g/mol. The van der Waals surface area contributed by atoms with Crippen LogP contribution < -0.4 is 5.32 Å². The Kier molecular flexibility index (Phi) is 7.06. The predicted molar refractivity (Wildman–Crippen MR) is 69.2 cm³/mol. The van der Waals surface area contributed by atoms with Gasteiger partial charge in [0.05, 0.1) is 25.7 Å². The smallest absolute Gasteiger partial charge is 0.243 e. The molecule has 1 amide bonds. The van der Waals surface area contributed by atoms with Gasteiger partial charge in [0.2, 0.25) is 5.91 Å². The number of rotatable bonds is 8. The topological polar surface area (TPSA) is 29.1 Å². The number of nitrogens with zero attached hydrogens (tertiary/aromatic N) is 1. The van der Waals surface area contributed by atoms with E-state index in [0.717, 1.165) is 37.1 Å². The Balaban J connectivity index is 4.16. The van der Waals surface area contributed by atoms with E-state index in [1.54, 1.807) is 0 Å². The predicted octanol–water partition coefficient (Wildman–Crippen LogP) is 1.94. The van der Waals surface area contributed by atoms with Crippen LogP contribution in [0.25, 0.3) is 0 Å². The standard InChI is InChI=1S/C13H26N2O/c1-6-13(16)14-11-10-12(5)15(7-2,8-3)9-4/h6,12H,1,7-11H2,2-5H3/p+1. The minimum absolute atomic E-state index is 0.0743. The Labute approximate surface area is 100 Å². The largest absolute Gasteiger partial charge is 0.352 e. The van der Waals surface area contributed by atoms with E-state index in [9.17, 15) is 4.79 Å². The number of hydrogen-bond acceptors (Lipinski definition) is 1. The molecule has 0 aromatic rings. The molecule has 0 saturated heterocycles. The highest BCUT2D eigenvalue weighted by atomic mass is 16.1. The molecule has 94 valence electrons. The summed E-state index contributed by atoms with van der Waals surface area (Å²) in [5.41, 5.74) is 0. The zero-order chi connectivity index (χ0) is 12.6. The number of nitrogens with one attached hydrogen (secondary N) is 1. The van der Waals surface area contributed by atoms with E-state index in [1.165, 1.54) is 6.08 Å². The molecule has 0 heterocycles. The molecule has 0 aromatic heterocycles. The van der Waals surface area contributed by atoms with Gasteiger partial charge in [0.1, 0.15) is 0 Å². The van der Waals surface area contributed by atoms with Crippen molar-refractivity contribution in [2.24, 2.45) is 0 Å². The van der Waals surface area contributed by atoms with Crippen molar-refractivity contribution in [2.75, 3.05) is 26.2 Å². The van der Waals surface area contributed by atoms with E-state index < -0.39 is 0 Å². The van der Waals surface area contributed by atoms with E-state index in [4.69, 9.17) is 0 Å². The maximum Gasteiger partial charge on any atom is 0.243 e. The van der Waals surface area contributed by atoms with Gasteiger partial charge in [-0.1, -0.05) is 6.58 Å². The minimum atomic E-state index is -0.0743. The van der Waals surface area contributed by atoms with Gasteiger partial charge in [0, 0.05) is 13.0 Å². The summed E-state index contributed by atoms with van der Waals surface area (Å²) in [6.45, 7) is 16.7. The normalized spacial score (nSPS) is 13.2. The van der Waals surface area contributed by atoms with Gasteiger partial charge in [0.15, 0.2) is 0 Å². The maximum atomic E-state index is 11.0. The second-order valence-electron chi connectivity index (χ2n) is 4.30. The Morgan fingerprint density at radius 2 is 1.81 bits per heavy atom. The molecule has 0 aliphatic heterocycles. The molecule has 1 unspecified atom stereocenters. The molecule has 0 spiro atoms. The number of amides is 1. The van der Waals surface area contributed by atoms with Crippen molar-refractivity contribution >= 4 is 5.91 Å². The van der Waals surface area contributed by atoms with Crippen molar-refractivity contribution in [1.29, 1.82) is 0 Å². The van der Waals surface area contributed by atoms with Crippen LogP contribution >= 0.6 is 0 Å². The molecule has 3 nitrogen and oxygen atoms in total. The van der Waals surface area contributed by atoms with Crippen LogP contribution in [0.4, 0.5) is 0 Å². The first-order valence-electron chi connectivity index (χ1n) is 6.32. The molecule has 0 saturated carbocycles. The van der Waals surface area contributed by atoms with Crippen LogP contribution in [0, 0.1) is 0 Å². The second kappa shape index (κ2) is 7.44. The van der Waals surface area contributed by atoms with Crippen LogP contribution in [0.5, 0.6) is 0 Å². The lowest BCUT2D eigenvalue weighted by Gasteiger charge is -2.41. The lowest BCUT2D eigenvalue weighted by atomic mass is 10.1. The summed E-state index contributed by atoms with van der Waals surface area (Å²) in [5, 5.41) is 2.84. The summed E-state index contributed by atoms with van der Waals surface area (Å²) < 4.78 is 1.13. The van der Waals surface area contributed by atoms with Gasteiger partial charge >= 0.3 is 0 Å². The first-order chi connectivity index (χ1) is 7.56. The Morgan fingerprint density at radius 1 is 1.31 bits per heavy atom. The fourth-order valence-electron chi connectivity index (χ4n) is 2.36. The van der Waals surface area contributed by atoms with Crippen molar-refractivity contribution in [1.82, 2.24) is 5.32 Å². The first-order valence-corrected chi connectivity index (χ1v) is 6.32. The number of carbonyl (C=O) groups is 1. The van der Waals surface area contributed by atoms with Gasteiger partial charge < -0.3 is 9.80 Å². The third-order valence-corrected chi connectivity index (χ3v) is 3.87. The highest BCUT2D eigenvalue weighted by molar-refractivity contribution is 5.86. The molecular weight excluding hydrogens is 200 g/mol. The summed E-state index contributed by atoms with van der Waals surface area (Å²) in [7, 11) is 0. The van der Waals surface area contributed by atoms with E-state index >= 15 is 0 Å². The van der Waals surface area contributed by atoms with Crippen molar-refractivity contribution in [3.63, 3.8) is 0 Å². The van der Waals surface area contributed by atoms with Crippen molar-refractivity contribution in [3.8, 4) is 0 Å². The average molecular weight is 227 g/mol. The van der Waals surface area contributed by atoms with E-state index in [1.807, 2.05) is 0 Å².